The van der Waals surface area contributed by atoms with Crippen molar-refractivity contribution in [3.05, 3.63) is 53.9 Å². The van der Waals surface area contributed by atoms with Crippen LogP contribution in [0, 0.1) is 6.92 Å². The monoisotopic (exact) mass is 323 g/mol. The van der Waals surface area contributed by atoms with Crippen LogP contribution < -0.4 is 10.6 Å². The maximum Gasteiger partial charge on any atom is 0.246 e. The van der Waals surface area contributed by atoms with E-state index in [9.17, 15) is 4.79 Å². The van der Waals surface area contributed by atoms with Gasteiger partial charge in [-0.2, -0.15) is 0 Å². The quantitative estimate of drug-likeness (QED) is 0.740. The molecule has 5 nitrogen and oxygen atoms in total. The molecule has 0 aliphatic rings. The van der Waals surface area contributed by atoms with E-state index in [0.29, 0.717) is 5.89 Å². The molecular formula is C19H21N3O2. The Balaban J connectivity index is 1.65. The third kappa shape index (κ3) is 3.56. The fraction of sp³-hybridized carbons (Fsp3) is 0.263. The number of fused-ring (bicyclic) bond motifs is 1. The second-order valence-corrected chi connectivity index (χ2v) is 5.82. The van der Waals surface area contributed by atoms with Crippen LogP contribution in [0.15, 0.2) is 46.9 Å². The number of benzene rings is 2. The fourth-order valence-corrected chi connectivity index (χ4v) is 2.52. The zero-order valence-corrected chi connectivity index (χ0v) is 14.1. The highest BCUT2D eigenvalue weighted by atomic mass is 16.3. The minimum Gasteiger partial charge on any atom is -0.441 e. The van der Waals surface area contributed by atoms with Crippen LogP contribution in [0.2, 0.25) is 0 Å². The van der Waals surface area contributed by atoms with Gasteiger partial charge in [0.15, 0.2) is 11.5 Å². The number of hydrogen-bond acceptors (Lipinski definition) is 4. The lowest BCUT2D eigenvalue weighted by Crippen LogP contribution is -2.31. The van der Waals surface area contributed by atoms with Crippen LogP contribution in [-0.2, 0) is 11.2 Å². The molecule has 1 aromatic heterocycles. The van der Waals surface area contributed by atoms with Crippen LogP contribution >= 0.6 is 0 Å². The summed E-state index contributed by atoms with van der Waals surface area (Å²) in [6.45, 7) is 5.74. The summed E-state index contributed by atoms with van der Waals surface area (Å²) in [6, 6.07) is 13.1. The van der Waals surface area contributed by atoms with Crippen molar-refractivity contribution in [3.8, 4) is 0 Å². The summed E-state index contributed by atoms with van der Waals surface area (Å²) in [7, 11) is 0. The van der Waals surface area contributed by atoms with Gasteiger partial charge in [-0.3, -0.25) is 4.79 Å². The molecule has 0 spiro atoms. The number of amides is 1. The highest BCUT2D eigenvalue weighted by Gasteiger charge is 2.13. The summed E-state index contributed by atoms with van der Waals surface area (Å²) >= 11 is 0. The summed E-state index contributed by atoms with van der Waals surface area (Å²) in [4.78, 5) is 16.6. The minimum absolute atomic E-state index is 0.0873. The van der Waals surface area contributed by atoms with Gasteiger partial charge >= 0.3 is 0 Å². The SMILES string of the molecule is CCc1ccc(NC(=O)C(C)Nc2ccc3oc(C)nc3c2)cc1. The first kappa shape index (κ1) is 16.1. The first-order chi connectivity index (χ1) is 11.5. The van der Waals surface area contributed by atoms with Crippen molar-refractivity contribution in [2.45, 2.75) is 33.2 Å². The average Bonchev–Trinajstić information content (AvgIpc) is 2.94. The smallest absolute Gasteiger partial charge is 0.246 e. The van der Waals surface area contributed by atoms with Crippen molar-refractivity contribution in [2.24, 2.45) is 0 Å². The Morgan fingerprint density at radius 1 is 1.17 bits per heavy atom. The number of carbonyl (C=O) groups is 1. The Bertz CT molecular complexity index is 853. The number of aryl methyl sites for hydroxylation is 2. The number of hydrogen-bond donors (Lipinski definition) is 2. The summed E-state index contributed by atoms with van der Waals surface area (Å²) in [5, 5.41) is 6.11. The largest absolute Gasteiger partial charge is 0.441 e. The minimum atomic E-state index is -0.374. The van der Waals surface area contributed by atoms with Crippen molar-refractivity contribution in [2.75, 3.05) is 10.6 Å². The Kier molecular flexibility index (Phi) is 4.51. The third-order valence-corrected chi connectivity index (χ3v) is 3.90. The van der Waals surface area contributed by atoms with Gasteiger partial charge in [0.25, 0.3) is 0 Å². The molecule has 3 rings (SSSR count). The molecule has 2 N–H and O–H groups in total. The molecule has 124 valence electrons. The molecule has 24 heavy (non-hydrogen) atoms. The van der Waals surface area contributed by atoms with E-state index in [1.807, 2.05) is 56.3 Å². The van der Waals surface area contributed by atoms with Gasteiger partial charge in [0, 0.05) is 18.3 Å². The van der Waals surface area contributed by atoms with Crippen molar-refractivity contribution in [3.63, 3.8) is 0 Å². The Morgan fingerprint density at radius 3 is 2.58 bits per heavy atom. The lowest BCUT2D eigenvalue weighted by atomic mass is 10.1. The van der Waals surface area contributed by atoms with Crippen LogP contribution in [0.3, 0.4) is 0 Å². The van der Waals surface area contributed by atoms with Gasteiger partial charge in [0.2, 0.25) is 5.91 Å². The normalized spacial score (nSPS) is 12.1. The summed E-state index contributed by atoms with van der Waals surface area (Å²) in [5.74, 6) is 0.541. The van der Waals surface area contributed by atoms with E-state index in [2.05, 4.69) is 22.5 Å². The lowest BCUT2D eigenvalue weighted by Gasteiger charge is -2.15. The molecule has 1 unspecified atom stereocenters. The van der Waals surface area contributed by atoms with Gasteiger partial charge < -0.3 is 15.1 Å². The number of anilines is 2. The molecule has 1 heterocycles. The number of aromatic nitrogens is 1. The fourth-order valence-electron chi connectivity index (χ4n) is 2.52. The van der Waals surface area contributed by atoms with Crippen LogP contribution in [0.4, 0.5) is 11.4 Å². The predicted molar refractivity (Wildman–Crippen MR) is 96.3 cm³/mol. The molecule has 0 fully saturated rings. The molecule has 0 radical (unpaired) electrons. The zero-order valence-electron chi connectivity index (χ0n) is 14.1. The van der Waals surface area contributed by atoms with Crippen LogP contribution in [0.25, 0.3) is 11.1 Å². The van der Waals surface area contributed by atoms with Gasteiger partial charge in [-0.1, -0.05) is 19.1 Å². The van der Waals surface area contributed by atoms with E-state index in [4.69, 9.17) is 4.42 Å². The predicted octanol–water partition coefficient (Wildman–Crippen LogP) is 4.14. The van der Waals surface area contributed by atoms with Gasteiger partial charge in [-0.25, -0.2) is 4.98 Å². The van der Waals surface area contributed by atoms with Crippen molar-refractivity contribution in [1.82, 2.24) is 4.98 Å². The van der Waals surface area contributed by atoms with Crippen LogP contribution in [0.1, 0.15) is 25.3 Å². The molecule has 0 saturated carbocycles. The van der Waals surface area contributed by atoms with Crippen molar-refractivity contribution < 1.29 is 9.21 Å². The maximum absolute atomic E-state index is 12.3. The third-order valence-electron chi connectivity index (χ3n) is 3.90. The number of oxazole rings is 1. The topological polar surface area (TPSA) is 67.2 Å². The average molecular weight is 323 g/mol. The van der Waals surface area contributed by atoms with E-state index >= 15 is 0 Å². The summed E-state index contributed by atoms with van der Waals surface area (Å²) in [5.41, 5.74) is 4.40. The standard InChI is InChI=1S/C19H21N3O2/c1-4-14-5-7-15(8-6-14)22-19(23)12(2)20-16-9-10-18-17(11-16)21-13(3)24-18/h5-12,20H,4H2,1-3H3,(H,22,23). The number of nitrogens with zero attached hydrogens (tertiary/aromatic N) is 1. The molecule has 0 aliphatic carbocycles. The maximum atomic E-state index is 12.3. The zero-order chi connectivity index (χ0) is 17.1. The lowest BCUT2D eigenvalue weighted by molar-refractivity contribution is -0.116. The van der Waals surface area contributed by atoms with E-state index < -0.39 is 0 Å². The van der Waals surface area contributed by atoms with Crippen molar-refractivity contribution in [1.29, 1.82) is 0 Å². The van der Waals surface area contributed by atoms with Crippen molar-refractivity contribution >= 4 is 28.4 Å². The molecule has 1 amide bonds. The summed E-state index contributed by atoms with van der Waals surface area (Å²) in [6.07, 6.45) is 0.982. The second kappa shape index (κ2) is 6.74. The Morgan fingerprint density at radius 2 is 1.88 bits per heavy atom. The van der Waals surface area contributed by atoms with Gasteiger partial charge in [0.05, 0.1) is 0 Å². The van der Waals surface area contributed by atoms with E-state index in [1.165, 1.54) is 5.56 Å². The molecule has 0 aliphatic heterocycles. The molecule has 1 atom stereocenters. The Labute approximate surface area is 141 Å². The van der Waals surface area contributed by atoms with E-state index in [0.717, 1.165) is 28.9 Å². The second-order valence-electron chi connectivity index (χ2n) is 5.82. The molecule has 5 heteroatoms. The number of nitrogens with one attached hydrogen (secondary N) is 2. The summed E-state index contributed by atoms with van der Waals surface area (Å²) < 4.78 is 5.45. The number of rotatable bonds is 5. The van der Waals surface area contributed by atoms with E-state index in [1.54, 1.807) is 0 Å². The van der Waals surface area contributed by atoms with Gasteiger partial charge in [-0.15, -0.1) is 0 Å². The first-order valence-corrected chi connectivity index (χ1v) is 8.08. The number of carbonyl (C=O) groups excluding carboxylic acids is 1. The molecule has 2 aromatic carbocycles. The van der Waals surface area contributed by atoms with E-state index in [-0.39, 0.29) is 11.9 Å². The highest BCUT2D eigenvalue weighted by Crippen LogP contribution is 2.20. The molecular weight excluding hydrogens is 302 g/mol. The molecule has 3 aromatic rings. The Hall–Kier alpha value is -2.82. The first-order valence-electron chi connectivity index (χ1n) is 8.08. The van der Waals surface area contributed by atoms with Gasteiger partial charge in [-0.05, 0) is 49.2 Å². The molecule has 0 saturated heterocycles. The van der Waals surface area contributed by atoms with Crippen LogP contribution in [-0.4, -0.2) is 16.9 Å². The van der Waals surface area contributed by atoms with Crippen LogP contribution in [0.5, 0.6) is 0 Å². The van der Waals surface area contributed by atoms with Gasteiger partial charge in [0.1, 0.15) is 11.6 Å². The highest BCUT2D eigenvalue weighted by molar-refractivity contribution is 5.96. The molecule has 0 bridgehead atoms.